The summed E-state index contributed by atoms with van der Waals surface area (Å²) in [6.07, 6.45) is 69.3. The van der Waals surface area contributed by atoms with Gasteiger partial charge in [-0.05, 0) is 109 Å². The summed E-state index contributed by atoms with van der Waals surface area (Å²) < 4.78 is 17.2. The predicted octanol–water partition coefficient (Wildman–Crippen LogP) is 16.2. The van der Waals surface area contributed by atoms with E-state index in [-0.39, 0.29) is 25.2 Å². The molecule has 0 aromatic carbocycles. The van der Waals surface area contributed by atoms with E-state index < -0.39 is 6.10 Å². The Hall–Kier alpha value is -3.70. The highest BCUT2D eigenvalue weighted by atomic mass is 16.6. The molecule has 0 amide bonds. The number of hydrogen-bond donors (Lipinski definition) is 0. The van der Waals surface area contributed by atoms with E-state index >= 15 is 0 Å². The van der Waals surface area contributed by atoms with E-state index in [0.717, 1.165) is 128 Å². The third-order valence-electron chi connectivity index (χ3n) is 9.49. The van der Waals surface area contributed by atoms with Crippen LogP contribution in [0.5, 0.6) is 0 Å². The number of allylic oxidation sites excluding steroid dienone is 20. The fourth-order valence-corrected chi connectivity index (χ4v) is 5.97. The summed E-state index contributed by atoms with van der Waals surface area (Å²) in [5.41, 5.74) is 0. The van der Waals surface area contributed by atoms with Gasteiger partial charge in [0.15, 0.2) is 6.10 Å². The van der Waals surface area contributed by atoms with Crippen LogP contribution >= 0.6 is 0 Å². The van der Waals surface area contributed by atoms with E-state index in [2.05, 4.69) is 142 Å². The summed E-state index contributed by atoms with van der Waals surface area (Å²) in [4.78, 5) is 25.2. The molecule has 5 heteroatoms. The summed E-state index contributed by atoms with van der Waals surface area (Å²) >= 11 is 0. The van der Waals surface area contributed by atoms with Crippen LogP contribution in [-0.4, -0.2) is 37.9 Å². The SMILES string of the molecule is CC/C=C\C/C=C\C/C=C\C/C=C\C/C=C\CCCCCC(=O)OCC(COCCCC/C=C\C/C=C\C/C=C\C/C=C\C/C=C\CC)OC(=O)CCCCCCCCC. The molecule has 0 radical (unpaired) electrons. The Morgan fingerprint density at radius 2 is 0.750 bits per heavy atom. The first-order chi connectivity index (χ1) is 29.6. The van der Waals surface area contributed by atoms with Crippen molar-refractivity contribution in [3.63, 3.8) is 0 Å². The normalized spacial score (nSPS) is 13.3. The van der Waals surface area contributed by atoms with Crippen LogP contribution in [0.2, 0.25) is 0 Å². The lowest BCUT2D eigenvalue weighted by molar-refractivity contribution is -0.163. The van der Waals surface area contributed by atoms with Gasteiger partial charge in [0.05, 0.1) is 6.61 Å². The highest BCUT2D eigenvalue weighted by molar-refractivity contribution is 5.70. The summed E-state index contributed by atoms with van der Waals surface area (Å²) in [5, 5.41) is 0. The van der Waals surface area contributed by atoms with Crippen molar-refractivity contribution >= 4 is 11.9 Å². The topological polar surface area (TPSA) is 61.8 Å². The van der Waals surface area contributed by atoms with Crippen molar-refractivity contribution in [2.75, 3.05) is 19.8 Å². The average Bonchev–Trinajstić information content (AvgIpc) is 3.25. The average molecular weight is 829 g/mol. The van der Waals surface area contributed by atoms with Gasteiger partial charge in [-0.2, -0.15) is 0 Å². The standard InChI is InChI=1S/C55H88O5/c1-4-7-10-13-16-18-20-22-24-26-28-29-31-33-35-37-40-42-45-48-54(56)59-52-53(60-55(57)49-46-43-39-15-12-9-6-3)51-58-50-47-44-41-38-36-34-32-30-27-25-23-21-19-17-14-11-8-5-2/h7-8,10-11,16-19,22-25,28-30,32-33,35-36,38,53H,4-6,9,12-15,20-21,26-27,31,34,37,39-52H2,1-3H3/b10-7-,11-8-,18-16-,19-17-,24-22-,25-23-,29-28-,32-30-,35-33-,38-36-. The molecule has 0 fully saturated rings. The highest BCUT2D eigenvalue weighted by Crippen LogP contribution is 2.11. The van der Waals surface area contributed by atoms with Gasteiger partial charge in [-0.1, -0.05) is 187 Å². The molecular weight excluding hydrogens is 741 g/mol. The summed E-state index contributed by atoms with van der Waals surface area (Å²) in [5.74, 6) is -0.475. The van der Waals surface area contributed by atoms with Gasteiger partial charge in [0, 0.05) is 19.4 Å². The molecular formula is C55H88O5. The maximum atomic E-state index is 12.6. The Labute approximate surface area is 369 Å². The van der Waals surface area contributed by atoms with Crippen molar-refractivity contribution in [3.8, 4) is 0 Å². The zero-order valence-electron chi connectivity index (χ0n) is 38.7. The summed E-state index contributed by atoms with van der Waals surface area (Å²) in [7, 11) is 0. The van der Waals surface area contributed by atoms with E-state index in [1.165, 1.54) is 25.7 Å². The Morgan fingerprint density at radius 3 is 1.20 bits per heavy atom. The molecule has 0 saturated heterocycles. The second-order valence-corrected chi connectivity index (χ2v) is 15.3. The summed E-state index contributed by atoms with van der Waals surface area (Å²) in [6.45, 7) is 7.40. The minimum Gasteiger partial charge on any atom is -0.462 e. The summed E-state index contributed by atoms with van der Waals surface area (Å²) in [6, 6.07) is 0. The molecule has 0 spiro atoms. The molecule has 0 rings (SSSR count). The van der Waals surface area contributed by atoms with Crippen molar-refractivity contribution in [3.05, 3.63) is 122 Å². The van der Waals surface area contributed by atoms with Crippen LogP contribution in [0.25, 0.3) is 0 Å². The lowest BCUT2D eigenvalue weighted by atomic mass is 10.1. The Bertz CT molecular complexity index is 1260. The molecule has 0 bridgehead atoms. The number of unbranched alkanes of at least 4 members (excludes halogenated alkanes) is 11. The van der Waals surface area contributed by atoms with Gasteiger partial charge in [0.2, 0.25) is 0 Å². The first kappa shape index (κ1) is 56.3. The fraction of sp³-hybridized carbons (Fsp3) is 0.600. The second kappa shape index (κ2) is 49.7. The molecule has 1 unspecified atom stereocenters. The number of esters is 2. The molecule has 0 saturated carbocycles. The van der Waals surface area contributed by atoms with Crippen molar-refractivity contribution in [2.24, 2.45) is 0 Å². The lowest BCUT2D eigenvalue weighted by Gasteiger charge is -2.18. The van der Waals surface area contributed by atoms with Crippen LogP contribution in [0.4, 0.5) is 0 Å². The van der Waals surface area contributed by atoms with Crippen LogP contribution in [0.3, 0.4) is 0 Å². The third-order valence-corrected chi connectivity index (χ3v) is 9.49. The van der Waals surface area contributed by atoms with Crippen LogP contribution in [0, 0.1) is 0 Å². The minimum atomic E-state index is -0.577. The second-order valence-electron chi connectivity index (χ2n) is 15.3. The molecule has 5 nitrogen and oxygen atoms in total. The van der Waals surface area contributed by atoms with Gasteiger partial charge in [-0.3, -0.25) is 9.59 Å². The number of rotatable bonds is 42. The highest BCUT2D eigenvalue weighted by Gasteiger charge is 2.17. The van der Waals surface area contributed by atoms with Gasteiger partial charge >= 0.3 is 11.9 Å². The van der Waals surface area contributed by atoms with Crippen molar-refractivity contribution < 1.29 is 23.8 Å². The van der Waals surface area contributed by atoms with E-state index in [0.29, 0.717) is 19.4 Å². The molecule has 0 aliphatic heterocycles. The molecule has 0 N–H and O–H groups in total. The molecule has 338 valence electrons. The number of hydrogen-bond acceptors (Lipinski definition) is 5. The predicted molar refractivity (Wildman–Crippen MR) is 260 cm³/mol. The van der Waals surface area contributed by atoms with Crippen LogP contribution < -0.4 is 0 Å². The third kappa shape index (κ3) is 47.0. The van der Waals surface area contributed by atoms with Crippen LogP contribution in [0.15, 0.2) is 122 Å². The van der Waals surface area contributed by atoms with Gasteiger partial charge in [0.25, 0.3) is 0 Å². The minimum absolute atomic E-state index is 0.0433. The monoisotopic (exact) mass is 829 g/mol. The van der Waals surface area contributed by atoms with E-state index in [1.807, 2.05) is 0 Å². The fourth-order valence-electron chi connectivity index (χ4n) is 5.97. The molecule has 0 aromatic heterocycles. The van der Waals surface area contributed by atoms with E-state index in [9.17, 15) is 9.59 Å². The van der Waals surface area contributed by atoms with Crippen LogP contribution in [0.1, 0.15) is 188 Å². The Morgan fingerprint density at radius 1 is 0.383 bits per heavy atom. The number of ether oxygens (including phenoxy) is 3. The molecule has 0 heterocycles. The van der Waals surface area contributed by atoms with Gasteiger partial charge in [0.1, 0.15) is 6.61 Å². The molecule has 60 heavy (non-hydrogen) atoms. The van der Waals surface area contributed by atoms with Crippen LogP contribution in [-0.2, 0) is 23.8 Å². The lowest BCUT2D eigenvalue weighted by Crippen LogP contribution is -2.30. The quantitative estimate of drug-likeness (QED) is 0.0348. The maximum Gasteiger partial charge on any atom is 0.306 e. The first-order valence-corrected chi connectivity index (χ1v) is 24.1. The van der Waals surface area contributed by atoms with Crippen molar-refractivity contribution in [1.82, 2.24) is 0 Å². The first-order valence-electron chi connectivity index (χ1n) is 24.1. The molecule has 0 aromatic rings. The number of carbonyl (C=O) groups is 2. The number of carbonyl (C=O) groups excluding carboxylic acids is 2. The van der Waals surface area contributed by atoms with E-state index in [1.54, 1.807) is 0 Å². The molecule has 1 atom stereocenters. The smallest absolute Gasteiger partial charge is 0.306 e. The Balaban J connectivity index is 4.31. The van der Waals surface area contributed by atoms with Crippen molar-refractivity contribution in [2.45, 2.75) is 194 Å². The van der Waals surface area contributed by atoms with Crippen molar-refractivity contribution in [1.29, 1.82) is 0 Å². The molecule has 0 aliphatic rings. The van der Waals surface area contributed by atoms with Gasteiger partial charge < -0.3 is 14.2 Å². The molecule has 0 aliphatic carbocycles. The Kier molecular flexibility index (Phi) is 46.6. The zero-order valence-corrected chi connectivity index (χ0v) is 38.7. The van der Waals surface area contributed by atoms with Gasteiger partial charge in [-0.15, -0.1) is 0 Å². The maximum absolute atomic E-state index is 12.6. The zero-order chi connectivity index (χ0) is 43.5. The largest absolute Gasteiger partial charge is 0.462 e. The van der Waals surface area contributed by atoms with Gasteiger partial charge in [-0.25, -0.2) is 0 Å². The van der Waals surface area contributed by atoms with E-state index in [4.69, 9.17) is 14.2 Å².